The van der Waals surface area contributed by atoms with Gasteiger partial charge in [-0.05, 0) is 36.2 Å². The summed E-state index contributed by atoms with van der Waals surface area (Å²) in [5.74, 6) is 0.544. The summed E-state index contributed by atoms with van der Waals surface area (Å²) in [5, 5.41) is 18.7. The summed E-state index contributed by atoms with van der Waals surface area (Å²) in [6.45, 7) is 0. The Morgan fingerprint density at radius 1 is 1.30 bits per heavy atom. The van der Waals surface area contributed by atoms with Gasteiger partial charge in [-0.2, -0.15) is 5.26 Å². The van der Waals surface area contributed by atoms with Crippen molar-refractivity contribution < 1.29 is 5.11 Å². The number of pyridine rings is 1. The molecule has 1 saturated carbocycles. The molecular weight excluding hydrogens is 274 g/mol. The maximum atomic E-state index is 9.85. The monoisotopic (exact) mass is 287 g/mol. The van der Waals surface area contributed by atoms with Gasteiger partial charge in [0.1, 0.15) is 5.75 Å². The number of phenolic OH excluding ortho intramolecular Hbond substituents is 1. The van der Waals surface area contributed by atoms with E-state index in [0.717, 1.165) is 12.0 Å². The summed E-state index contributed by atoms with van der Waals surface area (Å²) >= 11 is 0. The zero-order chi connectivity index (χ0) is 13.4. The van der Waals surface area contributed by atoms with Gasteiger partial charge in [0.2, 0.25) is 0 Å². The van der Waals surface area contributed by atoms with Crippen LogP contribution in [0.25, 0.3) is 11.3 Å². The Labute approximate surface area is 123 Å². The molecule has 1 heterocycles. The number of nitrogens with two attached hydrogens (primary N) is 1. The van der Waals surface area contributed by atoms with Crippen molar-refractivity contribution >= 4 is 12.4 Å². The van der Waals surface area contributed by atoms with Crippen LogP contribution in [0.5, 0.6) is 5.75 Å². The summed E-state index contributed by atoms with van der Waals surface area (Å²) in [6.07, 6.45) is 2.81. The Morgan fingerprint density at radius 3 is 2.60 bits per heavy atom. The number of nitrogens with zero attached hydrogens (tertiary/aromatic N) is 2. The molecular formula is C15H14ClN3O. The lowest BCUT2D eigenvalue weighted by atomic mass is 10.1. The van der Waals surface area contributed by atoms with E-state index in [1.165, 1.54) is 6.07 Å². The van der Waals surface area contributed by atoms with E-state index in [1.807, 2.05) is 12.1 Å². The highest BCUT2D eigenvalue weighted by Crippen LogP contribution is 2.39. The molecule has 5 heteroatoms. The smallest absolute Gasteiger partial charge is 0.125 e. The van der Waals surface area contributed by atoms with E-state index in [2.05, 4.69) is 11.1 Å². The third-order valence-electron chi connectivity index (χ3n) is 3.46. The number of aromatic hydroxyl groups is 1. The fourth-order valence-electron chi connectivity index (χ4n) is 2.19. The molecule has 0 spiro atoms. The fraction of sp³-hybridized carbons (Fsp3) is 0.200. The first kappa shape index (κ1) is 14.3. The molecule has 3 N–H and O–H groups in total. The number of halogens is 1. The molecule has 1 fully saturated rings. The van der Waals surface area contributed by atoms with Crippen molar-refractivity contribution in [1.82, 2.24) is 4.98 Å². The van der Waals surface area contributed by atoms with Crippen LogP contribution >= 0.6 is 12.4 Å². The molecule has 0 radical (unpaired) electrons. The predicted octanol–water partition coefficient (Wildman–Crippen LogP) is 2.56. The minimum atomic E-state index is 0. The van der Waals surface area contributed by atoms with Gasteiger partial charge < -0.3 is 10.8 Å². The van der Waals surface area contributed by atoms with Gasteiger partial charge in [0.15, 0.2) is 0 Å². The zero-order valence-electron chi connectivity index (χ0n) is 10.7. The fourth-order valence-corrected chi connectivity index (χ4v) is 2.19. The van der Waals surface area contributed by atoms with Crippen LogP contribution in [0.1, 0.15) is 23.5 Å². The lowest BCUT2D eigenvalue weighted by Gasteiger charge is -2.05. The largest absolute Gasteiger partial charge is 0.507 e. The van der Waals surface area contributed by atoms with Crippen LogP contribution in [0, 0.1) is 11.3 Å². The molecule has 1 aliphatic rings. The summed E-state index contributed by atoms with van der Waals surface area (Å²) < 4.78 is 0. The van der Waals surface area contributed by atoms with Crippen LogP contribution in [0.3, 0.4) is 0 Å². The van der Waals surface area contributed by atoms with Crippen LogP contribution < -0.4 is 5.73 Å². The van der Waals surface area contributed by atoms with Crippen molar-refractivity contribution in [3.63, 3.8) is 0 Å². The SMILES string of the molecule is Cl.N#Cc1ccc(O)c(-c2ccc([C@@H]3C[C@H]3N)cn2)c1. The molecule has 0 aliphatic heterocycles. The Morgan fingerprint density at radius 2 is 2.05 bits per heavy atom. The van der Waals surface area contributed by atoms with Gasteiger partial charge in [-0.1, -0.05) is 6.07 Å². The van der Waals surface area contributed by atoms with Gasteiger partial charge in [-0.3, -0.25) is 4.98 Å². The van der Waals surface area contributed by atoms with Crippen LogP contribution in [-0.4, -0.2) is 16.1 Å². The first-order chi connectivity index (χ1) is 9.19. The van der Waals surface area contributed by atoms with Gasteiger partial charge >= 0.3 is 0 Å². The second-order valence-corrected chi connectivity index (χ2v) is 4.83. The molecule has 0 bridgehead atoms. The lowest BCUT2D eigenvalue weighted by Crippen LogP contribution is -2.01. The highest BCUT2D eigenvalue weighted by molar-refractivity contribution is 5.85. The topological polar surface area (TPSA) is 82.9 Å². The second kappa shape index (κ2) is 5.49. The standard InChI is InChI=1S/C15H13N3O.ClH/c16-7-9-1-4-15(19)12(5-9)14-3-2-10(8-18-14)11-6-13(11)17;/h1-5,8,11,13,19H,6,17H2;1H/t11-,13+;/m0./s1. The van der Waals surface area contributed by atoms with E-state index < -0.39 is 0 Å². The highest BCUT2D eigenvalue weighted by Gasteiger charge is 2.34. The summed E-state index contributed by atoms with van der Waals surface area (Å²) in [7, 11) is 0. The average molecular weight is 288 g/mol. The van der Waals surface area contributed by atoms with Crippen molar-refractivity contribution in [3.8, 4) is 23.1 Å². The van der Waals surface area contributed by atoms with Crippen LogP contribution in [0.15, 0.2) is 36.5 Å². The quantitative estimate of drug-likeness (QED) is 0.889. The van der Waals surface area contributed by atoms with E-state index in [9.17, 15) is 5.11 Å². The van der Waals surface area contributed by atoms with Gasteiger partial charge in [-0.25, -0.2) is 0 Å². The molecule has 0 amide bonds. The number of benzene rings is 1. The van der Waals surface area contributed by atoms with Gasteiger partial charge in [-0.15, -0.1) is 12.4 Å². The third kappa shape index (κ3) is 2.60. The molecule has 20 heavy (non-hydrogen) atoms. The van der Waals surface area contributed by atoms with E-state index in [0.29, 0.717) is 22.7 Å². The van der Waals surface area contributed by atoms with Crippen molar-refractivity contribution in [3.05, 3.63) is 47.7 Å². The second-order valence-electron chi connectivity index (χ2n) is 4.83. The van der Waals surface area contributed by atoms with Crippen LogP contribution in [-0.2, 0) is 0 Å². The minimum absolute atomic E-state index is 0. The molecule has 1 aromatic carbocycles. The van der Waals surface area contributed by atoms with Crippen molar-refractivity contribution in [2.45, 2.75) is 18.4 Å². The molecule has 102 valence electrons. The van der Waals surface area contributed by atoms with Gasteiger partial charge in [0.05, 0.1) is 17.3 Å². The van der Waals surface area contributed by atoms with E-state index in [1.54, 1.807) is 18.3 Å². The number of hydrogen-bond acceptors (Lipinski definition) is 4. The number of phenols is 1. The molecule has 1 aliphatic carbocycles. The molecule has 2 aromatic rings. The number of rotatable bonds is 2. The lowest BCUT2D eigenvalue weighted by molar-refractivity contribution is 0.477. The minimum Gasteiger partial charge on any atom is -0.507 e. The van der Waals surface area contributed by atoms with Gasteiger partial charge in [0.25, 0.3) is 0 Å². The summed E-state index contributed by atoms with van der Waals surface area (Å²) in [5.41, 5.74) is 8.67. The molecule has 1 aromatic heterocycles. The van der Waals surface area contributed by atoms with E-state index >= 15 is 0 Å². The van der Waals surface area contributed by atoms with Crippen molar-refractivity contribution in [2.75, 3.05) is 0 Å². The Kier molecular flexibility index (Phi) is 3.93. The molecule has 2 atom stereocenters. The Balaban J connectivity index is 0.00000147. The number of hydrogen-bond donors (Lipinski definition) is 2. The van der Waals surface area contributed by atoms with Gasteiger partial charge in [0, 0.05) is 23.7 Å². The van der Waals surface area contributed by atoms with Crippen LogP contribution in [0.4, 0.5) is 0 Å². The van der Waals surface area contributed by atoms with E-state index in [-0.39, 0.29) is 24.2 Å². The third-order valence-corrected chi connectivity index (χ3v) is 3.46. The average Bonchev–Trinajstić information content (AvgIpc) is 3.17. The zero-order valence-corrected chi connectivity index (χ0v) is 11.5. The maximum absolute atomic E-state index is 9.85. The summed E-state index contributed by atoms with van der Waals surface area (Å²) in [6, 6.07) is 10.9. The van der Waals surface area contributed by atoms with E-state index in [4.69, 9.17) is 11.0 Å². The molecule has 0 unspecified atom stereocenters. The predicted molar refractivity (Wildman–Crippen MR) is 78.6 cm³/mol. The normalized spacial score (nSPS) is 19.8. The molecule has 3 rings (SSSR count). The summed E-state index contributed by atoms with van der Waals surface area (Å²) in [4.78, 5) is 4.36. The number of aromatic nitrogens is 1. The Hall–Kier alpha value is -2.09. The van der Waals surface area contributed by atoms with Crippen molar-refractivity contribution in [2.24, 2.45) is 5.73 Å². The Bertz CT molecular complexity index is 664. The molecule has 4 nitrogen and oxygen atoms in total. The van der Waals surface area contributed by atoms with Crippen molar-refractivity contribution in [1.29, 1.82) is 5.26 Å². The first-order valence-electron chi connectivity index (χ1n) is 6.14. The van der Waals surface area contributed by atoms with Crippen LogP contribution in [0.2, 0.25) is 0 Å². The highest BCUT2D eigenvalue weighted by atomic mass is 35.5. The maximum Gasteiger partial charge on any atom is 0.125 e. The number of nitriles is 1. The molecule has 0 saturated heterocycles. The first-order valence-corrected chi connectivity index (χ1v) is 6.14.